The van der Waals surface area contributed by atoms with Gasteiger partial charge in [0.1, 0.15) is 0 Å². The second-order valence-electron chi connectivity index (χ2n) is 11.6. The lowest BCUT2D eigenvalue weighted by molar-refractivity contribution is 0.590. The third kappa shape index (κ3) is 5.82. The number of para-hydroxylation sites is 1. The summed E-state index contributed by atoms with van der Waals surface area (Å²) in [5.41, 5.74) is 11.7. The monoisotopic (exact) mass is 607 g/mol. The number of benzene rings is 6. The maximum absolute atomic E-state index is 3.87. The van der Waals surface area contributed by atoms with E-state index in [9.17, 15) is 0 Å². The molecule has 2 heteroatoms. The number of nitrogens with zero attached hydrogens (tertiary/aromatic N) is 1. The minimum atomic E-state index is -0.0166. The summed E-state index contributed by atoms with van der Waals surface area (Å²) in [7, 11) is 0. The fraction of sp³-hybridized carbons (Fsp3) is 0.100. The van der Waals surface area contributed by atoms with E-state index < -0.39 is 0 Å². The number of hydrogen-bond acceptors (Lipinski definition) is 1. The first-order valence-electron chi connectivity index (χ1n) is 14.4. The molecule has 0 aliphatic heterocycles. The van der Waals surface area contributed by atoms with E-state index in [1.807, 2.05) is 0 Å². The van der Waals surface area contributed by atoms with Crippen LogP contribution in [0.25, 0.3) is 33.4 Å². The predicted molar refractivity (Wildman–Crippen MR) is 184 cm³/mol. The van der Waals surface area contributed by atoms with Crippen molar-refractivity contribution in [3.63, 3.8) is 0 Å². The lowest BCUT2D eigenvalue weighted by atomic mass is 9.86. The maximum Gasteiger partial charge on any atom is 0.0618 e. The molecule has 0 amide bonds. The van der Waals surface area contributed by atoms with Gasteiger partial charge in [-0.3, -0.25) is 0 Å². The van der Waals surface area contributed by atoms with Gasteiger partial charge in [-0.2, -0.15) is 0 Å². The van der Waals surface area contributed by atoms with E-state index in [0.717, 1.165) is 21.5 Å². The zero-order valence-corrected chi connectivity index (χ0v) is 25.8. The third-order valence-corrected chi connectivity index (χ3v) is 8.11. The van der Waals surface area contributed by atoms with Crippen LogP contribution in [0.1, 0.15) is 26.3 Å². The molecular weight excluding hydrogens is 574 g/mol. The molecule has 6 rings (SSSR count). The van der Waals surface area contributed by atoms with Gasteiger partial charge in [0.25, 0.3) is 0 Å². The highest BCUT2D eigenvalue weighted by molar-refractivity contribution is 9.10. The highest BCUT2D eigenvalue weighted by Gasteiger charge is 2.24. The first kappa shape index (κ1) is 27.8. The standard InChI is InChI=1S/C40H34BrN/c1-40(2,3)33-26-34(41)28-36(27-33)42(35-22-13-21-32(25-35)29-15-7-4-8-16-29)39-37(30-17-9-5-10-18-30)23-14-24-38(39)31-19-11-6-12-20-31/h4-28H,1-3H3. The average molecular weight is 609 g/mol. The van der Waals surface area contributed by atoms with Crippen molar-refractivity contribution in [3.05, 3.63) is 162 Å². The van der Waals surface area contributed by atoms with Crippen LogP contribution in [0, 0.1) is 0 Å². The zero-order chi connectivity index (χ0) is 29.1. The lowest BCUT2D eigenvalue weighted by Crippen LogP contribution is -2.16. The summed E-state index contributed by atoms with van der Waals surface area (Å²) in [5.74, 6) is 0. The van der Waals surface area contributed by atoms with Crippen molar-refractivity contribution in [3.8, 4) is 33.4 Å². The van der Waals surface area contributed by atoms with Crippen molar-refractivity contribution in [2.24, 2.45) is 0 Å². The Morgan fingerprint density at radius 2 is 0.952 bits per heavy atom. The minimum absolute atomic E-state index is 0.0166. The quantitative estimate of drug-likeness (QED) is 0.182. The Kier molecular flexibility index (Phi) is 7.82. The van der Waals surface area contributed by atoms with Crippen LogP contribution in [0.2, 0.25) is 0 Å². The predicted octanol–water partition coefficient (Wildman–Crippen LogP) is 12.2. The molecule has 0 radical (unpaired) electrons. The number of halogens is 1. The summed E-state index contributed by atoms with van der Waals surface area (Å²) in [6.45, 7) is 6.81. The van der Waals surface area contributed by atoms with E-state index in [-0.39, 0.29) is 5.41 Å². The summed E-state index contributed by atoms with van der Waals surface area (Å²) in [5, 5.41) is 0. The van der Waals surface area contributed by atoms with E-state index in [1.165, 1.54) is 38.9 Å². The normalized spacial score (nSPS) is 11.3. The van der Waals surface area contributed by atoms with Crippen molar-refractivity contribution in [2.45, 2.75) is 26.2 Å². The highest BCUT2D eigenvalue weighted by Crippen LogP contribution is 2.48. The van der Waals surface area contributed by atoms with Crippen LogP contribution in [-0.2, 0) is 5.41 Å². The molecule has 0 unspecified atom stereocenters. The Hall–Kier alpha value is -4.40. The van der Waals surface area contributed by atoms with Crippen LogP contribution in [-0.4, -0.2) is 0 Å². The van der Waals surface area contributed by atoms with Crippen molar-refractivity contribution in [1.29, 1.82) is 0 Å². The van der Waals surface area contributed by atoms with Gasteiger partial charge in [0, 0.05) is 27.0 Å². The van der Waals surface area contributed by atoms with Gasteiger partial charge in [-0.25, -0.2) is 0 Å². The Bertz CT molecular complexity index is 1740. The molecule has 6 aromatic carbocycles. The smallest absolute Gasteiger partial charge is 0.0618 e. The van der Waals surface area contributed by atoms with E-state index in [2.05, 4.69) is 193 Å². The first-order valence-corrected chi connectivity index (χ1v) is 15.2. The number of rotatable bonds is 6. The fourth-order valence-electron chi connectivity index (χ4n) is 5.48. The SMILES string of the molecule is CC(C)(C)c1cc(Br)cc(N(c2cccc(-c3ccccc3)c2)c2c(-c3ccccc3)cccc2-c2ccccc2)c1. The van der Waals surface area contributed by atoms with Gasteiger partial charge in [-0.05, 0) is 63.6 Å². The molecule has 0 fully saturated rings. The van der Waals surface area contributed by atoms with Gasteiger partial charge < -0.3 is 4.90 Å². The summed E-state index contributed by atoms with van der Waals surface area (Å²) < 4.78 is 1.06. The summed E-state index contributed by atoms with van der Waals surface area (Å²) in [6.07, 6.45) is 0. The summed E-state index contributed by atoms with van der Waals surface area (Å²) in [4.78, 5) is 2.44. The van der Waals surface area contributed by atoms with Gasteiger partial charge >= 0.3 is 0 Å². The summed E-state index contributed by atoms with van der Waals surface area (Å²) in [6, 6.07) is 54.4. The minimum Gasteiger partial charge on any atom is -0.309 e. The molecule has 1 nitrogen and oxygen atoms in total. The molecule has 0 bridgehead atoms. The Balaban J connectivity index is 1.70. The topological polar surface area (TPSA) is 3.24 Å². The van der Waals surface area contributed by atoms with Crippen LogP contribution in [0.5, 0.6) is 0 Å². The molecule has 6 aromatic rings. The third-order valence-electron chi connectivity index (χ3n) is 7.65. The molecule has 42 heavy (non-hydrogen) atoms. The van der Waals surface area contributed by atoms with E-state index in [0.29, 0.717) is 0 Å². The fourth-order valence-corrected chi connectivity index (χ4v) is 5.97. The molecule has 206 valence electrons. The van der Waals surface area contributed by atoms with Crippen LogP contribution >= 0.6 is 15.9 Å². The lowest BCUT2D eigenvalue weighted by Gasteiger charge is -2.32. The van der Waals surface area contributed by atoms with Crippen LogP contribution in [0.15, 0.2) is 156 Å². The van der Waals surface area contributed by atoms with Gasteiger partial charge in [-0.15, -0.1) is 0 Å². The van der Waals surface area contributed by atoms with Crippen LogP contribution in [0.3, 0.4) is 0 Å². The zero-order valence-electron chi connectivity index (χ0n) is 24.3. The summed E-state index contributed by atoms with van der Waals surface area (Å²) >= 11 is 3.87. The second kappa shape index (κ2) is 11.8. The van der Waals surface area contributed by atoms with Gasteiger partial charge in [0.05, 0.1) is 5.69 Å². The molecule has 0 aliphatic rings. The number of anilines is 3. The van der Waals surface area contributed by atoms with Gasteiger partial charge in [-0.1, -0.05) is 158 Å². The molecular formula is C40H34BrN. The molecule has 0 N–H and O–H groups in total. The molecule has 0 saturated carbocycles. The van der Waals surface area contributed by atoms with Crippen molar-refractivity contribution >= 4 is 33.0 Å². The maximum atomic E-state index is 3.87. The van der Waals surface area contributed by atoms with Crippen molar-refractivity contribution in [2.75, 3.05) is 4.90 Å². The van der Waals surface area contributed by atoms with E-state index >= 15 is 0 Å². The average Bonchev–Trinajstić information content (AvgIpc) is 3.02. The van der Waals surface area contributed by atoms with Crippen LogP contribution < -0.4 is 4.90 Å². The Morgan fingerprint density at radius 1 is 0.452 bits per heavy atom. The van der Waals surface area contributed by atoms with Crippen molar-refractivity contribution < 1.29 is 0 Å². The van der Waals surface area contributed by atoms with Gasteiger partial charge in [0.15, 0.2) is 0 Å². The second-order valence-corrected chi connectivity index (χ2v) is 12.5. The highest BCUT2D eigenvalue weighted by atomic mass is 79.9. The van der Waals surface area contributed by atoms with Gasteiger partial charge in [0.2, 0.25) is 0 Å². The molecule has 0 spiro atoms. The molecule has 0 atom stereocenters. The Labute approximate surface area is 258 Å². The molecule has 0 heterocycles. The largest absolute Gasteiger partial charge is 0.309 e. The molecule has 0 aromatic heterocycles. The van der Waals surface area contributed by atoms with E-state index in [1.54, 1.807) is 0 Å². The van der Waals surface area contributed by atoms with Crippen molar-refractivity contribution in [1.82, 2.24) is 0 Å². The number of hydrogen-bond donors (Lipinski definition) is 0. The first-order chi connectivity index (χ1) is 20.4. The van der Waals surface area contributed by atoms with Crippen LogP contribution in [0.4, 0.5) is 17.1 Å². The van der Waals surface area contributed by atoms with E-state index in [4.69, 9.17) is 0 Å². The molecule has 0 saturated heterocycles. The Morgan fingerprint density at radius 3 is 1.50 bits per heavy atom. The molecule has 0 aliphatic carbocycles.